The molecular formula is C25H22Cl2FN7O3. The van der Waals surface area contributed by atoms with Gasteiger partial charge in [0, 0.05) is 36.9 Å². The van der Waals surface area contributed by atoms with Crippen LogP contribution < -0.4 is 16.6 Å². The summed E-state index contributed by atoms with van der Waals surface area (Å²) in [6.07, 6.45) is 4.22. The van der Waals surface area contributed by atoms with Crippen LogP contribution in [0.4, 0.5) is 4.39 Å². The summed E-state index contributed by atoms with van der Waals surface area (Å²) in [5.41, 5.74) is 0.729. The summed E-state index contributed by atoms with van der Waals surface area (Å²) in [6.45, 7) is 0.539. The monoisotopic (exact) mass is 557 g/mol. The fourth-order valence-corrected chi connectivity index (χ4v) is 5.76. The quantitative estimate of drug-likeness (QED) is 0.351. The molecule has 1 aliphatic rings. The van der Waals surface area contributed by atoms with Crippen molar-refractivity contribution in [2.45, 2.75) is 25.4 Å². The Hall–Kier alpha value is -3.51. The lowest BCUT2D eigenvalue weighted by Crippen LogP contribution is -2.39. The lowest BCUT2D eigenvalue weighted by Gasteiger charge is -2.26. The van der Waals surface area contributed by atoms with Crippen molar-refractivity contribution in [2.24, 2.45) is 7.05 Å². The summed E-state index contributed by atoms with van der Waals surface area (Å²) in [6, 6.07) is 6.05. The minimum atomic E-state index is -1.07. The number of aryl methyl sites for hydroxylation is 1. The molecule has 1 fully saturated rings. The maximum Gasteiger partial charge on any atom is 0.335 e. The van der Waals surface area contributed by atoms with E-state index in [-0.39, 0.29) is 27.7 Å². The van der Waals surface area contributed by atoms with Crippen LogP contribution in [0.1, 0.15) is 12.5 Å². The molecule has 0 spiro atoms. The molecule has 0 aliphatic carbocycles. The maximum absolute atomic E-state index is 14.5. The molecule has 10 nitrogen and oxygen atoms in total. The molecule has 0 bridgehead atoms. The van der Waals surface area contributed by atoms with E-state index in [0.717, 1.165) is 4.57 Å². The number of pyridine rings is 1. The van der Waals surface area contributed by atoms with Crippen LogP contribution in [0.2, 0.25) is 10.0 Å². The normalized spacial score (nSPS) is 18.0. The van der Waals surface area contributed by atoms with E-state index in [9.17, 15) is 19.1 Å². The van der Waals surface area contributed by atoms with Crippen molar-refractivity contribution >= 4 is 45.1 Å². The molecule has 2 N–H and O–H groups in total. The molecule has 2 atom stereocenters. The highest BCUT2D eigenvalue weighted by atomic mass is 35.5. The van der Waals surface area contributed by atoms with E-state index in [1.54, 1.807) is 45.9 Å². The number of nitrogens with zero attached hydrogens (tertiary/aromatic N) is 6. The minimum absolute atomic E-state index is 0.0912. The summed E-state index contributed by atoms with van der Waals surface area (Å²) in [5, 5.41) is 18.6. The van der Waals surface area contributed by atoms with Gasteiger partial charge in [-0.1, -0.05) is 29.3 Å². The first-order valence-corrected chi connectivity index (χ1v) is 12.7. The lowest BCUT2D eigenvalue weighted by atomic mass is 10.1. The Morgan fingerprint density at radius 1 is 1.18 bits per heavy atom. The van der Waals surface area contributed by atoms with Crippen molar-refractivity contribution in [1.29, 1.82) is 0 Å². The Labute approximate surface area is 224 Å². The van der Waals surface area contributed by atoms with Crippen LogP contribution in [0.3, 0.4) is 0 Å². The number of aliphatic hydroxyl groups excluding tert-OH is 1. The molecule has 1 aliphatic heterocycles. The number of piperidine rings is 1. The number of hydrogen-bond acceptors (Lipinski definition) is 6. The smallest absolute Gasteiger partial charge is 0.335 e. The fraction of sp³-hybridized carbons (Fsp3) is 0.280. The van der Waals surface area contributed by atoms with E-state index < -0.39 is 30.2 Å². The summed E-state index contributed by atoms with van der Waals surface area (Å²) in [7, 11) is 1.54. The van der Waals surface area contributed by atoms with Crippen LogP contribution in [0.25, 0.3) is 38.9 Å². The molecule has 38 heavy (non-hydrogen) atoms. The number of nitrogens with one attached hydrogen (secondary N) is 1. The van der Waals surface area contributed by atoms with Gasteiger partial charge < -0.3 is 15.0 Å². The zero-order valence-electron chi connectivity index (χ0n) is 20.1. The van der Waals surface area contributed by atoms with Gasteiger partial charge in [-0.25, -0.2) is 18.7 Å². The zero-order chi connectivity index (χ0) is 26.7. The van der Waals surface area contributed by atoms with Gasteiger partial charge in [-0.2, -0.15) is 5.10 Å². The predicted molar refractivity (Wildman–Crippen MR) is 143 cm³/mol. The second kappa shape index (κ2) is 9.35. The second-order valence-corrected chi connectivity index (χ2v) is 10.0. The number of aliphatic hydroxyl groups is 1. The molecule has 6 rings (SSSR count). The van der Waals surface area contributed by atoms with Gasteiger partial charge in [0.15, 0.2) is 0 Å². The van der Waals surface area contributed by atoms with Gasteiger partial charge in [0.1, 0.15) is 18.5 Å². The predicted octanol–water partition coefficient (Wildman–Crippen LogP) is 3.03. The van der Waals surface area contributed by atoms with Crippen molar-refractivity contribution in [3.05, 3.63) is 73.7 Å². The van der Waals surface area contributed by atoms with Crippen LogP contribution in [-0.4, -0.2) is 52.8 Å². The van der Waals surface area contributed by atoms with Crippen LogP contribution in [0.15, 0.2) is 52.4 Å². The Morgan fingerprint density at radius 3 is 2.66 bits per heavy atom. The average Bonchev–Trinajstić information content (AvgIpc) is 3.53. The van der Waals surface area contributed by atoms with Gasteiger partial charge in [-0.15, -0.1) is 0 Å². The largest absolute Gasteiger partial charge is 0.376 e. The third kappa shape index (κ3) is 3.69. The first kappa shape index (κ1) is 24.8. The average molecular weight is 558 g/mol. The van der Waals surface area contributed by atoms with Gasteiger partial charge in [0.2, 0.25) is 0 Å². The van der Waals surface area contributed by atoms with Gasteiger partial charge in [-0.3, -0.25) is 14.0 Å². The third-order valence-electron chi connectivity index (χ3n) is 7.06. The summed E-state index contributed by atoms with van der Waals surface area (Å²) < 4.78 is 19.9. The third-order valence-corrected chi connectivity index (χ3v) is 7.67. The highest BCUT2D eigenvalue weighted by Gasteiger charge is 2.28. The van der Waals surface area contributed by atoms with E-state index >= 15 is 0 Å². The van der Waals surface area contributed by atoms with Crippen LogP contribution >= 0.6 is 23.2 Å². The zero-order valence-corrected chi connectivity index (χ0v) is 21.6. The summed E-state index contributed by atoms with van der Waals surface area (Å²) in [4.78, 5) is 31.5. The first-order valence-electron chi connectivity index (χ1n) is 11.9. The molecule has 0 saturated carbocycles. The van der Waals surface area contributed by atoms with Crippen molar-refractivity contribution < 1.29 is 9.50 Å². The highest BCUT2D eigenvalue weighted by molar-refractivity contribution is 6.37. The Balaban J connectivity index is 1.57. The molecule has 1 saturated heterocycles. The number of benzene rings is 1. The number of aromatic nitrogens is 6. The molecule has 5 heterocycles. The van der Waals surface area contributed by atoms with E-state index in [2.05, 4.69) is 15.4 Å². The van der Waals surface area contributed by atoms with Crippen LogP contribution in [0.5, 0.6) is 0 Å². The molecule has 4 aromatic heterocycles. The Morgan fingerprint density at radius 2 is 1.95 bits per heavy atom. The highest BCUT2D eigenvalue weighted by Crippen LogP contribution is 2.32. The van der Waals surface area contributed by atoms with Crippen molar-refractivity contribution in [1.82, 2.24) is 33.8 Å². The number of hydrogen-bond donors (Lipinski definition) is 2. The van der Waals surface area contributed by atoms with Crippen molar-refractivity contribution in [2.75, 3.05) is 13.1 Å². The number of alkyl halides is 1. The number of halogens is 3. The molecule has 0 amide bonds. The Bertz CT molecular complexity index is 1820. The topological polar surface area (TPSA) is 112 Å². The van der Waals surface area contributed by atoms with Crippen molar-refractivity contribution in [3.8, 4) is 16.9 Å². The van der Waals surface area contributed by atoms with Crippen LogP contribution in [-0.2, 0) is 13.8 Å². The lowest BCUT2D eigenvalue weighted by molar-refractivity contribution is 0.173. The van der Waals surface area contributed by atoms with Gasteiger partial charge >= 0.3 is 5.69 Å². The molecule has 1 aromatic carbocycles. The van der Waals surface area contributed by atoms with E-state index in [1.807, 2.05) is 0 Å². The van der Waals surface area contributed by atoms with Crippen molar-refractivity contribution in [3.63, 3.8) is 0 Å². The molecule has 5 aromatic rings. The Kier molecular flexibility index (Phi) is 6.10. The van der Waals surface area contributed by atoms with Gasteiger partial charge in [0.05, 0.1) is 44.6 Å². The maximum atomic E-state index is 14.5. The van der Waals surface area contributed by atoms with Crippen LogP contribution in [0, 0.1) is 0 Å². The number of para-hydroxylation sites is 1. The van der Waals surface area contributed by atoms with E-state index in [0.29, 0.717) is 40.8 Å². The van der Waals surface area contributed by atoms with Gasteiger partial charge in [-0.05, 0) is 31.2 Å². The number of rotatable bonds is 4. The standard InChI is InChI=1S/C25H22Cl2FN7O3/c1-32-21-14-7-20(13-8-31-34(11-13)19-5-6-29-10-18(19)28)33(12-36)23(14)30-9-15(21)24(37)35(25(32)38)22-16(26)3-2-4-17(22)27/h2-4,7-9,11,18-19,29,36H,5-6,10,12H2,1H3/t18-,19-/m1/s1. The first-order chi connectivity index (χ1) is 18.3. The SMILES string of the molecule is Cn1c(=O)n(-c2c(Cl)cccc2Cl)c(=O)c2cnc3c(cc(-c4cnn([C@@H]5CCNC[C@H]5F)c4)n3CO)c21. The summed E-state index contributed by atoms with van der Waals surface area (Å²) in [5.74, 6) is 0. The van der Waals surface area contributed by atoms with E-state index in [4.69, 9.17) is 23.2 Å². The molecule has 0 unspecified atom stereocenters. The molecule has 0 radical (unpaired) electrons. The second-order valence-electron chi connectivity index (χ2n) is 9.19. The number of fused-ring (bicyclic) bond motifs is 3. The summed E-state index contributed by atoms with van der Waals surface area (Å²) >= 11 is 12.6. The molecule has 13 heteroatoms. The minimum Gasteiger partial charge on any atom is -0.376 e. The fourth-order valence-electron chi connectivity index (χ4n) is 5.19. The van der Waals surface area contributed by atoms with E-state index in [1.165, 1.54) is 17.8 Å². The van der Waals surface area contributed by atoms with Gasteiger partial charge in [0.25, 0.3) is 5.56 Å². The molecular weight excluding hydrogens is 536 g/mol. The molecule has 196 valence electrons.